The topological polar surface area (TPSA) is 119 Å². The van der Waals surface area contributed by atoms with Crippen LogP contribution < -0.4 is 26.6 Å². The Morgan fingerprint density at radius 3 is 1.45 bits per heavy atom. The standard InChI is InChI=1S/C28H29N7O2.ClH/c1-17-15-29-25(31-17)19-3-9-22(10-4-19)33-27(36)21-7-13-24(14-8-21)35-28(37)34-23-11-5-20(6-12-23)26-30-16-18(2)32-26;/h3-14,17-18H,15-16H2,1-2H3,(H,29,31)(H,30,32)(H,33,36)(H2,34,35,37);1H. The summed E-state index contributed by atoms with van der Waals surface area (Å²) in [5, 5.41) is 15.1. The van der Waals surface area contributed by atoms with E-state index in [-0.39, 0.29) is 24.3 Å². The molecule has 0 fully saturated rings. The number of carbonyl (C=O) groups excluding carboxylic acids is 2. The second-order valence-electron chi connectivity index (χ2n) is 9.23. The molecule has 38 heavy (non-hydrogen) atoms. The van der Waals surface area contributed by atoms with E-state index in [9.17, 15) is 9.59 Å². The molecule has 2 heterocycles. The highest BCUT2D eigenvalue weighted by molar-refractivity contribution is 6.06. The van der Waals surface area contributed by atoms with E-state index in [1.54, 1.807) is 24.3 Å². The van der Waals surface area contributed by atoms with Crippen molar-refractivity contribution >= 4 is 53.1 Å². The van der Waals surface area contributed by atoms with Crippen molar-refractivity contribution in [2.75, 3.05) is 29.0 Å². The molecule has 0 saturated heterocycles. The van der Waals surface area contributed by atoms with E-state index in [0.717, 1.165) is 35.9 Å². The molecule has 0 aliphatic carbocycles. The molecular formula is C28H30ClN7O2. The van der Waals surface area contributed by atoms with Crippen LogP contribution in [0.15, 0.2) is 82.8 Å². The molecule has 2 aliphatic rings. The van der Waals surface area contributed by atoms with Gasteiger partial charge in [0.2, 0.25) is 0 Å². The minimum Gasteiger partial charge on any atom is -0.366 e. The summed E-state index contributed by atoms with van der Waals surface area (Å²) in [4.78, 5) is 34.0. The molecule has 3 aromatic carbocycles. The van der Waals surface area contributed by atoms with Gasteiger partial charge in [-0.05, 0) is 86.6 Å². The van der Waals surface area contributed by atoms with Crippen molar-refractivity contribution in [3.63, 3.8) is 0 Å². The Hall–Kier alpha value is -4.37. The number of hydrogen-bond acceptors (Lipinski definition) is 6. The van der Waals surface area contributed by atoms with Crippen LogP contribution in [-0.4, -0.2) is 48.8 Å². The molecule has 2 aliphatic heterocycles. The molecule has 0 radical (unpaired) electrons. The first-order valence-electron chi connectivity index (χ1n) is 12.3. The van der Waals surface area contributed by atoms with Gasteiger partial charge in [-0.2, -0.15) is 0 Å². The Morgan fingerprint density at radius 1 is 0.658 bits per heavy atom. The van der Waals surface area contributed by atoms with Gasteiger partial charge in [-0.3, -0.25) is 14.8 Å². The molecule has 5 rings (SSSR count). The molecular weight excluding hydrogens is 502 g/mol. The molecule has 196 valence electrons. The van der Waals surface area contributed by atoms with E-state index in [4.69, 9.17) is 0 Å². The van der Waals surface area contributed by atoms with Crippen LogP contribution >= 0.6 is 12.4 Å². The zero-order valence-electron chi connectivity index (χ0n) is 21.1. The van der Waals surface area contributed by atoms with Crippen molar-refractivity contribution in [3.8, 4) is 0 Å². The number of hydrogen-bond donors (Lipinski definition) is 5. The number of carbonyl (C=O) groups is 2. The van der Waals surface area contributed by atoms with E-state index in [0.29, 0.717) is 34.7 Å². The number of anilines is 3. The van der Waals surface area contributed by atoms with E-state index in [2.05, 4.69) is 50.4 Å². The first-order chi connectivity index (χ1) is 17.9. The van der Waals surface area contributed by atoms with Gasteiger partial charge in [0.1, 0.15) is 11.7 Å². The quantitative estimate of drug-likeness (QED) is 0.322. The zero-order chi connectivity index (χ0) is 25.8. The average Bonchev–Trinajstić information content (AvgIpc) is 3.53. The lowest BCUT2D eigenvalue weighted by Crippen LogP contribution is -2.27. The molecule has 3 amide bonds. The predicted molar refractivity (Wildman–Crippen MR) is 155 cm³/mol. The number of nitrogens with one attached hydrogen (secondary N) is 5. The lowest BCUT2D eigenvalue weighted by atomic mass is 10.1. The van der Waals surface area contributed by atoms with Gasteiger partial charge in [0.05, 0.1) is 13.1 Å². The van der Waals surface area contributed by atoms with Crippen LogP contribution in [0.2, 0.25) is 0 Å². The lowest BCUT2D eigenvalue weighted by Gasteiger charge is -2.10. The van der Waals surface area contributed by atoms with E-state index >= 15 is 0 Å². The van der Waals surface area contributed by atoms with Crippen molar-refractivity contribution in [2.45, 2.75) is 25.9 Å². The highest BCUT2D eigenvalue weighted by Gasteiger charge is 2.15. The van der Waals surface area contributed by atoms with Crippen molar-refractivity contribution in [1.29, 1.82) is 0 Å². The fourth-order valence-corrected chi connectivity index (χ4v) is 4.08. The van der Waals surface area contributed by atoms with Gasteiger partial charge >= 0.3 is 6.03 Å². The highest BCUT2D eigenvalue weighted by atomic mass is 35.5. The maximum absolute atomic E-state index is 12.7. The molecule has 2 atom stereocenters. The maximum atomic E-state index is 12.7. The summed E-state index contributed by atoms with van der Waals surface area (Å²) in [5.74, 6) is 1.51. The van der Waals surface area contributed by atoms with Crippen LogP contribution in [0.3, 0.4) is 0 Å². The summed E-state index contributed by atoms with van der Waals surface area (Å²) < 4.78 is 0. The smallest absolute Gasteiger partial charge is 0.323 e. The van der Waals surface area contributed by atoms with Gasteiger partial charge in [0.15, 0.2) is 0 Å². The van der Waals surface area contributed by atoms with E-state index in [1.165, 1.54) is 0 Å². The Labute approximate surface area is 227 Å². The number of amides is 3. The third kappa shape index (κ3) is 6.49. The minimum absolute atomic E-state index is 0. The number of halogens is 1. The maximum Gasteiger partial charge on any atom is 0.323 e. The Kier molecular flexibility index (Phi) is 8.28. The summed E-state index contributed by atoms with van der Waals surface area (Å²) in [5.41, 5.74) is 4.39. The van der Waals surface area contributed by atoms with Crippen molar-refractivity contribution in [3.05, 3.63) is 89.5 Å². The molecule has 0 saturated carbocycles. The van der Waals surface area contributed by atoms with Crippen LogP contribution in [0.5, 0.6) is 0 Å². The summed E-state index contributed by atoms with van der Waals surface area (Å²) in [7, 11) is 0. The fraction of sp³-hybridized carbons (Fsp3) is 0.214. The van der Waals surface area contributed by atoms with E-state index < -0.39 is 0 Å². The minimum atomic E-state index is -0.370. The first-order valence-corrected chi connectivity index (χ1v) is 12.3. The van der Waals surface area contributed by atoms with Gasteiger partial charge in [-0.15, -0.1) is 12.4 Å². The van der Waals surface area contributed by atoms with Crippen LogP contribution in [0.25, 0.3) is 0 Å². The molecule has 0 spiro atoms. The Balaban J connectivity index is 0.00000336. The third-order valence-electron chi connectivity index (χ3n) is 6.05. The van der Waals surface area contributed by atoms with Crippen molar-refractivity contribution < 1.29 is 9.59 Å². The highest BCUT2D eigenvalue weighted by Crippen LogP contribution is 2.16. The molecule has 0 bridgehead atoms. The second kappa shape index (κ2) is 11.8. The van der Waals surface area contributed by atoms with Crippen LogP contribution in [0.4, 0.5) is 21.9 Å². The summed E-state index contributed by atoms with van der Waals surface area (Å²) in [6, 6.07) is 22.1. The van der Waals surface area contributed by atoms with E-state index in [1.807, 2.05) is 48.5 Å². The largest absolute Gasteiger partial charge is 0.366 e. The zero-order valence-corrected chi connectivity index (χ0v) is 21.9. The predicted octanol–water partition coefficient (Wildman–Crippen LogP) is 4.48. The van der Waals surface area contributed by atoms with Crippen LogP contribution in [0, 0.1) is 0 Å². The van der Waals surface area contributed by atoms with Gasteiger partial charge < -0.3 is 26.6 Å². The van der Waals surface area contributed by atoms with Gasteiger partial charge in [-0.1, -0.05) is 0 Å². The molecule has 10 heteroatoms. The van der Waals surface area contributed by atoms with Crippen molar-refractivity contribution in [1.82, 2.24) is 10.6 Å². The van der Waals surface area contributed by atoms with Crippen molar-refractivity contribution in [2.24, 2.45) is 9.98 Å². The monoisotopic (exact) mass is 531 g/mol. The van der Waals surface area contributed by atoms with Gasteiger partial charge in [-0.25, -0.2) is 4.79 Å². The van der Waals surface area contributed by atoms with Gasteiger partial charge in [0, 0.05) is 45.8 Å². The van der Waals surface area contributed by atoms with Crippen LogP contribution in [-0.2, 0) is 0 Å². The molecule has 9 nitrogen and oxygen atoms in total. The summed E-state index contributed by atoms with van der Waals surface area (Å²) in [6.07, 6.45) is 0. The summed E-state index contributed by atoms with van der Waals surface area (Å²) >= 11 is 0. The average molecular weight is 532 g/mol. The summed E-state index contributed by atoms with van der Waals surface area (Å²) in [6.45, 7) is 5.70. The Morgan fingerprint density at radius 2 is 1.05 bits per heavy atom. The number of urea groups is 1. The number of nitrogens with zero attached hydrogens (tertiary/aromatic N) is 2. The second-order valence-corrected chi connectivity index (χ2v) is 9.23. The van der Waals surface area contributed by atoms with Crippen LogP contribution in [0.1, 0.15) is 35.3 Å². The molecule has 2 unspecified atom stereocenters. The van der Waals surface area contributed by atoms with Gasteiger partial charge in [0.25, 0.3) is 5.91 Å². The third-order valence-corrected chi connectivity index (χ3v) is 6.05. The SMILES string of the molecule is CC1CN=C(c2ccc(NC(=O)Nc3ccc(C(=O)Nc4ccc(C5=NCC(C)N5)cc4)cc3)cc2)N1.Cl. The number of aliphatic imine (C=N–C) groups is 2. The number of rotatable bonds is 6. The lowest BCUT2D eigenvalue weighted by molar-refractivity contribution is 0.102. The number of amidine groups is 2. The number of benzene rings is 3. The molecule has 3 aromatic rings. The fourth-order valence-electron chi connectivity index (χ4n) is 4.08. The normalized spacial score (nSPS) is 17.7. The molecule has 0 aromatic heterocycles. The Bertz CT molecular complexity index is 1350. The molecule has 5 N–H and O–H groups in total. The first kappa shape index (κ1) is 26.7.